The molecule has 0 fully saturated rings. The molecule has 7 heteroatoms. The van der Waals surface area contributed by atoms with E-state index in [2.05, 4.69) is 21.5 Å². The van der Waals surface area contributed by atoms with Crippen molar-refractivity contribution in [3.63, 3.8) is 0 Å². The summed E-state index contributed by atoms with van der Waals surface area (Å²) in [6.07, 6.45) is 0. The number of methoxy groups -OCH3 is 1. The van der Waals surface area contributed by atoms with Crippen molar-refractivity contribution in [2.45, 2.75) is 13.5 Å². The molecule has 0 saturated heterocycles. The zero-order chi connectivity index (χ0) is 18.1. The van der Waals surface area contributed by atoms with Gasteiger partial charge in [0.05, 0.1) is 13.7 Å². The number of hydrogen-bond acceptors (Lipinski definition) is 4. The molecule has 0 atom stereocenters. The summed E-state index contributed by atoms with van der Waals surface area (Å²) in [4.78, 5) is 11.8. The van der Waals surface area contributed by atoms with Crippen molar-refractivity contribution in [1.29, 1.82) is 0 Å². The molecular formula is C18H22N4O2S. The molecule has 0 spiro atoms. The summed E-state index contributed by atoms with van der Waals surface area (Å²) in [5.41, 5.74) is 8.33. The third-order valence-electron chi connectivity index (χ3n) is 3.43. The van der Waals surface area contributed by atoms with Gasteiger partial charge in [-0.05, 0) is 49.0 Å². The number of carbonyl (C=O) groups excluding carboxylic acids is 1. The summed E-state index contributed by atoms with van der Waals surface area (Å²) < 4.78 is 5.11. The molecule has 132 valence electrons. The van der Waals surface area contributed by atoms with Gasteiger partial charge in [-0.2, -0.15) is 0 Å². The van der Waals surface area contributed by atoms with E-state index in [9.17, 15) is 4.79 Å². The zero-order valence-electron chi connectivity index (χ0n) is 14.3. The summed E-state index contributed by atoms with van der Waals surface area (Å²) in [6.45, 7) is 2.71. The largest absolute Gasteiger partial charge is 0.497 e. The number of thiocarbonyl (C=S) groups is 1. The molecule has 1 amide bonds. The van der Waals surface area contributed by atoms with Crippen molar-refractivity contribution in [3.8, 4) is 5.75 Å². The minimum atomic E-state index is -0.214. The highest BCUT2D eigenvalue weighted by Gasteiger charge is 2.02. The Morgan fingerprint density at radius 3 is 2.36 bits per heavy atom. The van der Waals surface area contributed by atoms with E-state index in [-0.39, 0.29) is 12.5 Å². The van der Waals surface area contributed by atoms with Crippen LogP contribution in [0.15, 0.2) is 48.5 Å². The fourth-order valence-electron chi connectivity index (χ4n) is 1.99. The van der Waals surface area contributed by atoms with Crippen molar-refractivity contribution < 1.29 is 9.53 Å². The van der Waals surface area contributed by atoms with Crippen LogP contribution in [-0.2, 0) is 11.3 Å². The van der Waals surface area contributed by atoms with Crippen LogP contribution in [0.4, 0.5) is 5.69 Å². The lowest BCUT2D eigenvalue weighted by atomic mass is 10.2. The van der Waals surface area contributed by atoms with Crippen molar-refractivity contribution in [2.75, 3.05) is 19.0 Å². The highest BCUT2D eigenvalue weighted by molar-refractivity contribution is 7.80. The number of hydrazine groups is 1. The van der Waals surface area contributed by atoms with E-state index in [1.54, 1.807) is 7.11 Å². The Bertz CT molecular complexity index is 702. The van der Waals surface area contributed by atoms with Gasteiger partial charge in [-0.1, -0.05) is 29.8 Å². The van der Waals surface area contributed by atoms with Gasteiger partial charge < -0.3 is 15.4 Å². The van der Waals surface area contributed by atoms with Crippen LogP contribution in [0.3, 0.4) is 0 Å². The number of carbonyl (C=O) groups is 1. The lowest BCUT2D eigenvalue weighted by molar-refractivity contribution is -0.119. The van der Waals surface area contributed by atoms with Crippen molar-refractivity contribution in [2.24, 2.45) is 0 Å². The number of benzene rings is 2. The molecular weight excluding hydrogens is 336 g/mol. The predicted octanol–water partition coefficient (Wildman–Crippen LogP) is 2.11. The van der Waals surface area contributed by atoms with Gasteiger partial charge in [0.1, 0.15) is 5.75 Å². The van der Waals surface area contributed by atoms with E-state index in [4.69, 9.17) is 17.0 Å². The molecule has 0 aliphatic rings. The summed E-state index contributed by atoms with van der Waals surface area (Å²) >= 11 is 5.13. The van der Waals surface area contributed by atoms with E-state index in [0.29, 0.717) is 11.7 Å². The Kier molecular flexibility index (Phi) is 7.03. The first-order chi connectivity index (χ1) is 12.1. The number of aryl methyl sites for hydroxylation is 1. The molecule has 2 aromatic carbocycles. The lowest BCUT2D eigenvalue weighted by Crippen LogP contribution is -2.48. The van der Waals surface area contributed by atoms with Crippen LogP contribution >= 0.6 is 12.2 Å². The van der Waals surface area contributed by atoms with Crippen LogP contribution in [0.25, 0.3) is 0 Å². The average Bonchev–Trinajstić information content (AvgIpc) is 2.64. The van der Waals surface area contributed by atoms with E-state index in [1.165, 1.54) is 5.56 Å². The topological polar surface area (TPSA) is 74.4 Å². The number of nitrogens with one attached hydrogen (secondary N) is 4. The van der Waals surface area contributed by atoms with Crippen LogP contribution < -0.4 is 26.2 Å². The highest BCUT2D eigenvalue weighted by Crippen LogP contribution is 2.10. The summed E-state index contributed by atoms with van der Waals surface area (Å²) in [7, 11) is 1.63. The standard InChI is InChI=1S/C18H22N4O2S/c1-13-3-7-15(8-4-13)19-12-17(23)21-22-18(25)20-11-14-5-9-16(24-2)10-6-14/h3-10,19H,11-12H2,1-2H3,(H,21,23)(H2,20,22,25). The van der Waals surface area contributed by atoms with Crippen LogP contribution in [0, 0.1) is 6.92 Å². The molecule has 0 saturated carbocycles. The van der Waals surface area contributed by atoms with Crippen LogP contribution in [0.1, 0.15) is 11.1 Å². The molecule has 2 rings (SSSR count). The van der Waals surface area contributed by atoms with Crippen molar-refractivity contribution in [1.82, 2.24) is 16.2 Å². The maximum absolute atomic E-state index is 11.8. The van der Waals surface area contributed by atoms with Crippen molar-refractivity contribution >= 4 is 28.9 Å². The highest BCUT2D eigenvalue weighted by atomic mass is 32.1. The van der Waals surface area contributed by atoms with Gasteiger partial charge in [-0.3, -0.25) is 15.6 Å². The van der Waals surface area contributed by atoms with Crippen LogP contribution in [0.5, 0.6) is 5.75 Å². The Morgan fingerprint density at radius 2 is 1.72 bits per heavy atom. The number of anilines is 1. The SMILES string of the molecule is COc1ccc(CNC(=S)NNC(=O)CNc2ccc(C)cc2)cc1. The second-order valence-corrected chi connectivity index (χ2v) is 5.83. The fourth-order valence-corrected chi connectivity index (χ4v) is 2.12. The molecule has 25 heavy (non-hydrogen) atoms. The van der Waals surface area contributed by atoms with Gasteiger partial charge in [-0.25, -0.2) is 0 Å². The molecule has 0 aliphatic carbocycles. The maximum Gasteiger partial charge on any atom is 0.257 e. The zero-order valence-corrected chi connectivity index (χ0v) is 15.1. The molecule has 0 radical (unpaired) electrons. The summed E-state index contributed by atoms with van der Waals surface area (Å²) in [6, 6.07) is 15.5. The smallest absolute Gasteiger partial charge is 0.257 e. The van der Waals surface area contributed by atoms with E-state index in [1.807, 2.05) is 55.5 Å². The Hall–Kier alpha value is -2.80. The van der Waals surface area contributed by atoms with Gasteiger partial charge >= 0.3 is 0 Å². The molecule has 0 bridgehead atoms. The first-order valence-electron chi connectivity index (χ1n) is 7.83. The third kappa shape index (κ3) is 6.68. The Balaban J connectivity index is 1.64. The molecule has 0 aliphatic heterocycles. The van der Waals surface area contributed by atoms with Gasteiger partial charge in [0.2, 0.25) is 0 Å². The summed E-state index contributed by atoms with van der Waals surface area (Å²) in [5.74, 6) is 0.590. The average molecular weight is 358 g/mol. The fraction of sp³-hybridized carbons (Fsp3) is 0.222. The van der Waals surface area contributed by atoms with Crippen LogP contribution in [-0.4, -0.2) is 24.7 Å². The van der Waals surface area contributed by atoms with E-state index >= 15 is 0 Å². The molecule has 0 heterocycles. The monoisotopic (exact) mass is 358 g/mol. The molecule has 2 aromatic rings. The molecule has 6 nitrogen and oxygen atoms in total. The molecule has 4 N–H and O–H groups in total. The van der Waals surface area contributed by atoms with Gasteiger partial charge in [0.15, 0.2) is 5.11 Å². The lowest BCUT2D eigenvalue weighted by Gasteiger charge is -2.12. The molecule has 0 aromatic heterocycles. The van der Waals surface area contributed by atoms with Gasteiger partial charge in [-0.15, -0.1) is 0 Å². The summed E-state index contributed by atoms with van der Waals surface area (Å²) in [5, 5.41) is 6.40. The number of hydrogen-bond donors (Lipinski definition) is 4. The van der Waals surface area contributed by atoms with Gasteiger partial charge in [0, 0.05) is 12.2 Å². The third-order valence-corrected chi connectivity index (χ3v) is 3.68. The van der Waals surface area contributed by atoms with E-state index < -0.39 is 0 Å². The van der Waals surface area contributed by atoms with E-state index in [0.717, 1.165) is 17.0 Å². The minimum absolute atomic E-state index is 0.150. The van der Waals surface area contributed by atoms with Crippen molar-refractivity contribution in [3.05, 3.63) is 59.7 Å². The number of ether oxygens (including phenoxy) is 1. The maximum atomic E-state index is 11.8. The number of rotatable bonds is 6. The predicted molar refractivity (Wildman–Crippen MR) is 103 cm³/mol. The minimum Gasteiger partial charge on any atom is -0.497 e. The molecule has 0 unspecified atom stereocenters. The first-order valence-corrected chi connectivity index (χ1v) is 8.24. The van der Waals surface area contributed by atoms with Gasteiger partial charge in [0.25, 0.3) is 5.91 Å². The number of amides is 1. The second-order valence-electron chi connectivity index (χ2n) is 5.42. The first kappa shape index (κ1) is 18.5. The van der Waals surface area contributed by atoms with Crippen LogP contribution in [0.2, 0.25) is 0 Å². The second kappa shape index (κ2) is 9.48. The Labute approximate surface area is 152 Å². The quantitative estimate of drug-likeness (QED) is 0.468. The Morgan fingerprint density at radius 1 is 1.04 bits per heavy atom. The normalized spacial score (nSPS) is 9.84.